The van der Waals surface area contributed by atoms with Crippen LogP contribution in [-0.2, 0) is 16.1 Å². The smallest absolute Gasteiger partial charge is 0.0991 e. The molecule has 2 saturated heterocycles. The highest BCUT2D eigenvalue weighted by Gasteiger charge is 2.41. The van der Waals surface area contributed by atoms with Gasteiger partial charge in [0.05, 0.1) is 36.6 Å². The summed E-state index contributed by atoms with van der Waals surface area (Å²) in [6.07, 6.45) is 3.37. The molecule has 0 amide bonds. The first-order valence-electron chi connectivity index (χ1n) is 7.67. The van der Waals surface area contributed by atoms with Crippen LogP contribution in [0.5, 0.6) is 0 Å². The van der Waals surface area contributed by atoms with Gasteiger partial charge in [-0.15, -0.1) is 0 Å². The van der Waals surface area contributed by atoms with Gasteiger partial charge in [-0.25, -0.2) is 0 Å². The second kappa shape index (κ2) is 6.15. The van der Waals surface area contributed by atoms with Gasteiger partial charge in [0.25, 0.3) is 0 Å². The van der Waals surface area contributed by atoms with E-state index in [0.717, 1.165) is 43.5 Å². The summed E-state index contributed by atoms with van der Waals surface area (Å²) in [5.41, 5.74) is 3.02. The van der Waals surface area contributed by atoms with E-state index in [1.807, 2.05) is 25.1 Å². The lowest BCUT2D eigenvalue weighted by Gasteiger charge is -2.32. The van der Waals surface area contributed by atoms with Crippen LogP contribution in [0.25, 0.3) is 0 Å². The van der Waals surface area contributed by atoms with Crippen LogP contribution >= 0.6 is 0 Å². The molecule has 1 atom stereocenters. The topological polar surface area (TPSA) is 54.3 Å². The SMILES string of the molecule is Cc1cc(C#N)ccc1COC1COC2(CCNCC2)C1. The predicted molar refractivity (Wildman–Crippen MR) is 79.9 cm³/mol. The molecule has 0 bridgehead atoms. The molecule has 112 valence electrons. The number of nitrogens with zero attached hydrogens (tertiary/aromatic N) is 1. The van der Waals surface area contributed by atoms with Gasteiger partial charge < -0.3 is 14.8 Å². The summed E-state index contributed by atoms with van der Waals surface area (Å²) in [4.78, 5) is 0. The zero-order valence-electron chi connectivity index (χ0n) is 12.5. The first kappa shape index (κ1) is 14.5. The number of nitrogens with one attached hydrogen (secondary N) is 1. The van der Waals surface area contributed by atoms with E-state index in [-0.39, 0.29) is 11.7 Å². The van der Waals surface area contributed by atoms with Crippen molar-refractivity contribution < 1.29 is 9.47 Å². The molecule has 0 aliphatic carbocycles. The van der Waals surface area contributed by atoms with E-state index in [9.17, 15) is 0 Å². The molecule has 2 aliphatic heterocycles. The highest BCUT2D eigenvalue weighted by Crippen LogP contribution is 2.35. The summed E-state index contributed by atoms with van der Waals surface area (Å²) >= 11 is 0. The van der Waals surface area contributed by atoms with Crippen molar-refractivity contribution >= 4 is 0 Å². The molecule has 1 spiro atoms. The summed E-state index contributed by atoms with van der Waals surface area (Å²) in [7, 11) is 0. The second-order valence-corrected chi connectivity index (χ2v) is 6.13. The van der Waals surface area contributed by atoms with Crippen LogP contribution in [-0.4, -0.2) is 31.4 Å². The molecular formula is C17H22N2O2. The van der Waals surface area contributed by atoms with Crippen LogP contribution < -0.4 is 5.32 Å². The summed E-state index contributed by atoms with van der Waals surface area (Å²) in [5.74, 6) is 0. The van der Waals surface area contributed by atoms with E-state index in [1.54, 1.807) is 0 Å². The van der Waals surface area contributed by atoms with Gasteiger partial charge in [0.15, 0.2) is 0 Å². The van der Waals surface area contributed by atoms with Gasteiger partial charge in [0.2, 0.25) is 0 Å². The van der Waals surface area contributed by atoms with Crippen LogP contribution in [0.4, 0.5) is 0 Å². The number of nitriles is 1. The Morgan fingerprint density at radius 1 is 1.43 bits per heavy atom. The Kier molecular flexibility index (Phi) is 4.25. The van der Waals surface area contributed by atoms with Crippen LogP contribution in [0.3, 0.4) is 0 Å². The monoisotopic (exact) mass is 286 g/mol. The maximum atomic E-state index is 8.89. The van der Waals surface area contributed by atoms with Crippen molar-refractivity contribution in [3.05, 3.63) is 34.9 Å². The van der Waals surface area contributed by atoms with Crippen molar-refractivity contribution in [1.29, 1.82) is 5.26 Å². The van der Waals surface area contributed by atoms with E-state index in [2.05, 4.69) is 11.4 Å². The van der Waals surface area contributed by atoms with E-state index in [1.165, 1.54) is 0 Å². The van der Waals surface area contributed by atoms with Gasteiger partial charge in [0, 0.05) is 6.42 Å². The maximum absolute atomic E-state index is 8.89. The lowest BCUT2D eigenvalue weighted by atomic mass is 9.89. The Hall–Kier alpha value is -1.41. The molecule has 1 aromatic carbocycles. The summed E-state index contributed by atoms with van der Waals surface area (Å²) in [6, 6.07) is 7.92. The van der Waals surface area contributed by atoms with Gasteiger partial charge in [-0.1, -0.05) is 6.07 Å². The lowest BCUT2D eigenvalue weighted by Crippen LogP contribution is -2.41. The minimum Gasteiger partial charge on any atom is -0.372 e. The number of hydrogen-bond acceptors (Lipinski definition) is 4. The van der Waals surface area contributed by atoms with Crippen LogP contribution in [0.1, 0.15) is 36.0 Å². The molecule has 3 rings (SSSR count). The van der Waals surface area contributed by atoms with E-state index in [4.69, 9.17) is 14.7 Å². The molecule has 0 saturated carbocycles. The molecule has 2 fully saturated rings. The Bertz CT molecular complexity index is 544. The normalized spacial score (nSPS) is 24.1. The quantitative estimate of drug-likeness (QED) is 0.926. The molecule has 21 heavy (non-hydrogen) atoms. The molecule has 1 N–H and O–H groups in total. The number of benzene rings is 1. The largest absolute Gasteiger partial charge is 0.372 e. The van der Waals surface area contributed by atoms with Crippen molar-refractivity contribution in [1.82, 2.24) is 5.32 Å². The van der Waals surface area contributed by atoms with Crippen LogP contribution in [0.15, 0.2) is 18.2 Å². The fourth-order valence-electron chi connectivity index (χ4n) is 3.28. The van der Waals surface area contributed by atoms with Gasteiger partial charge in [-0.2, -0.15) is 5.26 Å². The third kappa shape index (κ3) is 3.26. The number of aryl methyl sites for hydroxylation is 1. The minimum absolute atomic E-state index is 0.0512. The molecule has 1 aromatic rings. The Morgan fingerprint density at radius 2 is 2.24 bits per heavy atom. The highest BCUT2D eigenvalue weighted by molar-refractivity contribution is 5.37. The van der Waals surface area contributed by atoms with Gasteiger partial charge in [0.1, 0.15) is 0 Å². The lowest BCUT2D eigenvalue weighted by molar-refractivity contribution is -0.0241. The number of rotatable bonds is 3. The van der Waals surface area contributed by atoms with Crippen LogP contribution in [0, 0.1) is 18.3 Å². The predicted octanol–water partition coefficient (Wildman–Crippen LogP) is 2.29. The maximum Gasteiger partial charge on any atom is 0.0991 e. The number of hydrogen-bond donors (Lipinski definition) is 1. The fraction of sp³-hybridized carbons (Fsp3) is 0.588. The van der Waals surface area contributed by atoms with E-state index >= 15 is 0 Å². The summed E-state index contributed by atoms with van der Waals surface area (Å²) in [6.45, 7) is 5.41. The third-order valence-electron chi connectivity index (χ3n) is 4.64. The zero-order valence-corrected chi connectivity index (χ0v) is 12.5. The minimum atomic E-state index is 0.0512. The highest BCUT2D eigenvalue weighted by atomic mass is 16.6. The molecule has 4 heteroatoms. The molecule has 4 nitrogen and oxygen atoms in total. The molecule has 1 unspecified atom stereocenters. The van der Waals surface area contributed by atoms with Gasteiger partial charge in [-0.05, 0) is 56.1 Å². The van der Waals surface area contributed by atoms with Crippen molar-refractivity contribution in [2.75, 3.05) is 19.7 Å². The summed E-state index contributed by atoms with van der Waals surface area (Å²) < 4.78 is 12.1. The molecule has 0 aromatic heterocycles. The van der Waals surface area contributed by atoms with Crippen LogP contribution in [0.2, 0.25) is 0 Å². The molecular weight excluding hydrogens is 264 g/mol. The van der Waals surface area contributed by atoms with Crippen molar-refractivity contribution in [2.24, 2.45) is 0 Å². The van der Waals surface area contributed by atoms with Crippen molar-refractivity contribution in [2.45, 2.75) is 44.5 Å². The fourth-order valence-corrected chi connectivity index (χ4v) is 3.28. The first-order chi connectivity index (χ1) is 10.2. The Labute approximate surface area is 126 Å². The van der Waals surface area contributed by atoms with E-state index in [0.29, 0.717) is 18.8 Å². The average molecular weight is 286 g/mol. The molecule has 2 heterocycles. The van der Waals surface area contributed by atoms with E-state index < -0.39 is 0 Å². The summed E-state index contributed by atoms with van der Waals surface area (Å²) in [5, 5.41) is 12.3. The Morgan fingerprint density at radius 3 is 2.95 bits per heavy atom. The average Bonchev–Trinajstić information content (AvgIpc) is 2.89. The van der Waals surface area contributed by atoms with Crippen molar-refractivity contribution in [3.8, 4) is 6.07 Å². The molecule has 0 radical (unpaired) electrons. The number of piperidine rings is 1. The standard InChI is InChI=1S/C17H22N2O2/c1-13-8-14(10-18)2-3-15(13)11-20-16-9-17(21-12-16)4-6-19-7-5-17/h2-3,8,16,19H,4-7,9,11-12H2,1H3. The second-order valence-electron chi connectivity index (χ2n) is 6.13. The third-order valence-corrected chi connectivity index (χ3v) is 4.64. The van der Waals surface area contributed by atoms with Crippen molar-refractivity contribution in [3.63, 3.8) is 0 Å². The zero-order chi connectivity index (χ0) is 14.7. The van der Waals surface area contributed by atoms with Gasteiger partial charge >= 0.3 is 0 Å². The van der Waals surface area contributed by atoms with Gasteiger partial charge in [-0.3, -0.25) is 0 Å². The Balaban J connectivity index is 1.55. The molecule has 2 aliphatic rings. The number of ether oxygens (including phenoxy) is 2. The first-order valence-corrected chi connectivity index (χ1v) is 7.67.